The van der Waals surface area contributed by atoms with Gasteiger partial charge in [0.25, 0.3) is 0 Å². The Labute approximate surface area is 81.2 Å². The van der Waals surface area contributed by atoms with Crippen LogP contribution in [-0.4, -0.2) is 40.3 Å². The summed E-state index contributed by atoms with van der Waals surface area (Å²) < 4.78 is 6.47. The summed E-state index contributed by atoms with van der Waals surface area (Å²) in [7, 11) is 5.68. The molecular formula is C9H16NO2Si+. The van der Waals surface area contributed by atoms with Crippen LogP contribution in [0.5, 0.6) is 11.5 Å². The van der Waals surface area contributed by atoms with Gasteiger partial charge >= 0.3 is 9.92 Å². The summed E-state index contributed by atoms with van der Waals surface area (Å²) in [5.74, 6) is 1.02. The Hall–Kier alpha value is -1.00. The molecule has 3 nitrogen and oxygen atoms in total. The number of phenols is 1. The van der Waals surface area contributed by atoms with Gasteiger partial charge in [0, 0.05) is 6.07 Å². The van der Waals surface area contributed by atoms with E-state index in [1.807, 2.05) is 6.07 Å². The highest BCUT2D eigenvalue weighted by molar-refractivity contribution is 6.18. The van der Waals surface area contributed by atoms with Crippen molar-refractivity contribution in [1.29, 1.82) is 0 Å². The summed E-state index contributed by atoms with van der Waals surface area (Å²) >= 11 is 0. The second-order valence-electron chi connectivity index (χ2n) is 4.06. The molecule has 0 saturated carbocycles. The van der Waals surface area contributed by atoms with E-state index in [4.69, 9.17) is 4.43 Å². The van der Waals surface area contributed by atoms with Gasteiger partial charge in [-0.2, -0.15) is 0 Å². The van der Waals surface area contributed by atoms with Crippen LogP contribution < -0.4 is 4.43 Å². The molecule has 0 bridgehead atoms. The predicted molar refractivity (Wildman–Crippen MR) is 55.3 cm³/mol. The van der Waals surface area contributed by atoms with Gasteiger partial charge in [-0.15, -0.1) is 0 Å². The molecule has 0 aliphatic carbocycles. The van der Waals surface area contributed by atoms with Crippen LogP contribution in [0.1, 0.15) is 0 Å². The second kappa shape index (κ2) is 3.80. The lowest BCUT2D eigenvalue weighted by Gasteiger charge is -2.23. The fraction of sp³-hybridized carbons (Fsp3) is 0.333. The number of benzene rings is 1. The zero-order valence-corrected chi connectivity index (χ0v) is 9.73. The fourth-order valence-corrected chi connectivity index (χ4v) is 1.56. The highest BCUT2D eigenvalue weighted by Crippen LogP contribution is 2.17. The number of hydrogen-bond acceptors (Lipinski definition) is 2. The van der Waals surface area contributed by atoms with Gasteiger partial charge in [0.1, 0.15) is 11.5 Å². The molecule has 0 unspecified atom stereocenters. The molecule has 1 aromatic carbocycles. The summed E-state index contributed by atoms with van der Waals surface area (Å²) in [5, 5.41) is 9.17. The standard InChI is InChI=1S/C9H15NO2Si/c1-10(2,3)13-12-9-6-4-5-8(11)7-9/h4-7H,13H2,1-3H3/p+1. The molecule has 0 aliphatic heterocycles. The Bertz CT molecular complexity index is 283. The number of phenolic OH excluding ortho intramolecular Hbond substituents is 1. The minimum atomic E-state index is -0.638. The molecule has 1 N–H and O–H groups in total. The van der Waals surface area contributed by atoms with Crippen LogP contribution in [0.3, 0.4) is 0 Å². The van der Waals surface area contributed by atoms with E-state index in [-0.39, 0.29) is 5.75 Å². The summed E-state index contributed by atoms with van der Waals surface area (Å²) in [5.41, 5.74) is 0. The Morgan fingerprint density at radius 3 is 2.54 bits per heavy atom. The first-order chi connectivity index (χ1) is 5.97. The van der Waals surface area contributed by atoms with E-state index in [0.29, 0.717) is 0 Å². The second-order valence-corrected chi connectivity index (χ2v) is 6.51. The van der Waals surface area contributed by atoms with Crippen LogP contribution in [0.4, 0.5) is 0 Å². The summed E-state index contributed by atoms with van der Waals surface area (Å²) in [6.07, 6.45) is 0. The molecule has 0 saturated heterocycles. The maximum Gasteiger partial charge on any atom is 0.465 e. The molecule has 4 heteroatoms. The van der Waals surface area contributed by atoms with E-state index < -0.39 is 9.92 Å². The van der Waals surface area contributed by atoms with Crippen molar-refractivity contribution in [3.8, 4) is 11.5 Å². The lowest BCUT2D eigenvalue weighted by atomic mass is 10.3. The van der Waals surface area contributed by atoms with Crippen LogP contribution >= 0.6 is 0 Å². The molecule has 72 valence electrons. The van der Waals surface area contributed by atoms with Crippen LogP contribution in [0.2, 0.25) is 0 Å². The smallest absolute Gasteiger partial charge is 0.465 e. The number of hydrogen-bond donors (Lipinski definition) is 1. The number of aromatic hydroxyl groups is 1. The number of nitrogens with zero attached hydrogens (tertiary/aromatic N) is 1. The molecule has 0 aliphatic rings. The molecule has 13 heavy (non-hydrogen) atoms. The van der Waals surface area contributed by atoms with E-state index in [1.54, 1.807) is 18.2 Å². The predicted octanol–water partition coefficient (Wildman–Crippen LogP) is 0.476. The van der Waals surface area contributed by atoms with Crippen molar-refractivity contribution >= 4 is 9.92 Å². The lowest BCUT2D eigenvalue weighted by molar-refractivity contribution is -0.761. The van der Waals surface area contributed by atoms with Gasteiger partial charge in [-0.05, 0) is 12.1 Å². The van der Waals surface area contributed by atoms with E-state index >= 15 is 0 Å². The largest absolute Gasteiger partial charge is 0.508 e. The van der Waals surface area contributed by atoms with Crippen LogP contribution in [0, 0.1) is 0 Å². The lowest BCUT2D eigenvalue weighted by Crippen LogP contribution is -2.41. The topological polar surface area (TPSA) is 29.5 Å². The van der Waals surface area contributed by atoms with Gasteiger partial charge in [0.2, 0.25) is 0 Å². The zero-order chi connectivity index (χ0) is 9.90. The molecule has 1 aromatic rings. The molecule has 0 fully saturated rings. The SMILES string of the molecule is C[N+](C)(C)[SiH2]Oc1cccc(O)c1. The van der Waals surface area contributed by atoms with Crippen molar-refractivity contribution in [3.63, 3.8) is 0 Å². The van der Waals surface area contributed by atoms with Crippen molar-refractivity contribution in [3.05, 3.63) is 24.3 Å². The minimum absolute atomic E-state index is 0.257. The molecule has 0 spiro atoms. The zero-order valence-electron chi connectivity index (χ0n) is 8.32. The summed E-state index contributed by atoms with van der Waals surface area (Å²) in [6.45, 7) is 0. The maximum absolute atomic E-state index is 9.17. The van der Waals surface area contributed by atoms with Crippen molar-refractivity contribution in [2.24, 2.45) is 0 Å². The van der Waals surface area contributed by atoms with E-state index in [0.717, 1.165) is 9.90 Å². The molecule has 0 atom stereocenters. The Kier molecular flexibility index (Phi) is 2.95. The third kappa shape index (κ3) is 3.96. The summed E-state index contributed by atoms with van der Waals surface area (Å²) in [4.78, 5) is 0. The quantitative estimate of drug-likeness (QED) is 0.716. The van der Waals surface area contributed by atoms with Crippen molar-refractivity contribution in [2.45, 2.75) is 0 Å². The fourth-order valence-electron chi connectivity index (χ4n) is 0.841. The average molecular weight is 198 g/mol. The monoisotopic (exact) mass is 198 g/mol. The van der Waals surface area contributed by atoms with Gasteiger partial charge in [0.05, 0.1) is 21.1 Å². The Morgan fingerprint density at radius 2 is 2.00 bits per heavy atom. The van der Waals surface area contributed by atoms with Gasteiger partial charge in [-0.25, -0.2) is 0 Å². The highest BCUT2D eigenvalue weighted by Gasteiger charge is 2.09. The average Bonchev–Trinajstić information content (AvgIpc) is 2.00. The van der Waals surface area contributed by atoms with Crippen LogP contribution in [0.25, 0.3) is 0 Å². The van der Waals surface area contributed by atoms with Gasteiger partial charge in [0.15, 0.2) is 0 Å². The Morgan fingerprint density at radius 1 is 1.31 bits per heavy atom. The van der Waals surface area contributed by atoms with Crippen molar-refractivity contribution in [1.82, 2.24) is 0 Å². The minimum Gasteiger partial charge on any atom is -0.508 e. The third-order valence-electron chi connectivity index (χ3n) is 1.44. The summed E-state index contributed by atoms with van der Waals surface area (Å²) in [6, 6.07) is 6.93. The molecule has 0 heterocycles. The van der Waals surface area contributed by atoms with Crippen molar-refractivity contribution in [2.75, 3.05) is 21.1 Å². The Balaban J connectivity index is 2.55. The van der Waals surface area contributed by atoms with E-state index in [1.165, 1.54) is 0 Å². The van der Waals surface area contributed by atoms with Crippen molar-refractivity contribution < 1.29 is 13.7 Å². The van der Waals surface area contributed by atoms with E-state index in [9.17, 15) is 5.11 Å². The molecular weight excluding hydrogens is 182 g/mol. The first-order valence-corrected chi connectivity index (χ1v) is 5.41. The van der Waals surface area contributed by atoms with Gasteiger partial charge in [-0.3, -0.25) is 0 Å². The highest BCUT2D eigenvalue weighted by atomic mass is 28.2. The molecule has 0 amide bonds. The van der Waals surface area contributed by atoms with Gasteiger partial charge in [-0.1, -0.05) is 6.07 Å². The van der Waals surface area contributed by atoms with Crippen LogP contribution in [-0.2, 0) is 0 Å². The number of rotatable bonds is 3. The van der Waals surface area contributed by atoms with E-state index in [2.05, 4.69) is 21.1 Å². The number of quaternary nitrogens is 1. The molecule has 0 radical (unpaired) electrons. The third-order valence-corrected chi connectivity index (χ3v) is 2.67. The van der Waals surface area contributed by atoms with Crippen LogP contribution in [0.15, 0.2) is 24.3 Å². The molecule has 0 aromatic heterocycles. The molecule has 1 rings (SSSR count). The van der Waals surface area contributed by atoms with Gasteiger partial charge < -0.3 is 13.7 Å². The maximum atomic E-state index is 9.17. The first-order valence-electron chi connectivity index (χ1n) is 4.20. The first kappa shape index (κ1) is 10.1. The normalized spacial score (nSPS) is 12.2.